The van der Waals surface area contributed by atoms with Gasteiger partial charge in [-0.05, 0) is 44.4 Å². The Bertz CT molecular complexity index is 1420. The van der Waals surface area contributed by atoms with Crippen LogP contribution in [0.2, 0.25) is 0 Å². The highest BCUT2D eigenvalue weighted by molar-refractivity contribution is 5.83. The molecule has 4 aromatic rings. The molecule has 0 saturated heterocycles. The summed E-state index contributed by atoms with van der Waals surface area (Å²) in [5, 5.41) is 13.9. The lowest BCUT2D eigenvalue weighted by Gasteiger charge is -2.15. The van der Waals surface area contributed by atoms with Crippen molar-refractivity contribution in [3.63, 3.8) is 0 Å². The Balaban J connectivity index is 1.37. The van der Waals surface area contributed by atoms with Crippen molar-refractivity contribution in [2.75, 3.05) is 18.4 Å². The second-order valence-electron chi connectivity index (χ2n) is 8.73. The van der Waals surface area contributed by atoms with Crippen LogP contribution >= 0.6 is 0 Å². The topological polar surface area (TPSA) is 104 Å². The number of nitrogens with zero attached hydrogens (tertiary/aromatic N) is 3. The molecule has 0 unspecified atom stereocenters. The molecule has 8 nitrogen and oxygen atoms in total. The number of ether oxygens (including phenoxy) is 1. The number of hydrogen-bond acceptors (Lipinski definition) is 6. The van der Waals surface area contributed by atoms with Crippen LogP contribution in [0.15, 0.2) is 30.3 Å². The van der Waals surface area contributed by atoms with Crippen molar-refractivity contribution >= 4 is 28.1 Å². The first-order chi connectivity index (χ1) is 16.5. The van der Waals surface area contributed by atoms with Gasteiger partial charge in [-0.15, -0.1) is 0 Å². The summed E-state index contributed by atoms with van der Waals surface area (Å²) in [6, 6.07) is 6.24. The van der Waals surface area contributed by atoms with E-state index >= 15 is 4.39 Å². The Hall–Kier alpha value is -3.79. The Kier molecular flexibility index (Phi) is 5.02. The minimum atomic E-state index is -0.674. The summed E-state index contributed by atoms with van der Waals surface area (Å²) in [4.78, 5) is 11.7. The van der Waals surface area contributed by atoms with E-state index in [-0.39, 0.29) is 22.7 Å². The van der Waals surface area contributed by atoms with Crippen LogP contribution in [-0.4, -0.2) is 38.2 Å². The fourth-order valence-electron chi connectivity index (χ4n) is 4.20. The molecule has 0 bridgehead atoms. The Morgan fingerprint density at radius 1 is 1.09 bits per heavy atom. The molecule has 4 heterocycles. The zero-order valence-corrected chi connectivity index (χ0v) is 18.5. The zero-order valence-electron chi connectivity index (χ0n) is 18.5. The van der Waals surface area contributed by atoms with Crippen LogP contribution in [0.3, 0.4) is 0 Å². The largest absolute Gasteiger partial charge is 0.421 e. The molecule has 0 radical (unpaired) electrons. The number of hydrogen-bond donors (Lipinski definition) is 4. The quantitative estimate of drug-likeness (QED) is 0.319. The molecule has 34 heavy (non-hydrogen) atoms. The van der Waals surface area contributed by atoms with Crippen LogP contribution < -0.4 is 15.4 Å². The number of aromatic nitrogens is 5. The van der Waals surface area contributed by atoms with Gasteiger partial charge in [-0.1, -0.05) is 6.08 Å². The van der Waals surface area contributed by atoms with Gasteiger partial charge in [0.25, 0.3) is 0 Å². The van der Waals surface area contributed by atoms with Crippen molar-refractivity contribution in [3.8, 4) is 11.8 Å². The number of benzene rings is 1. The molecule has 1 aromatic carbocycles. The van der Waals surface area contributed by atoms with Crippen LogP contribution in [-0.2, 0) is 0 Å². The average molecular weight is 463 g/mol. The summed E-state index contributed by atoms with van der Waals surface area (Å²) in [6.45, 7) is 3.29. The van der Waals surface area contributed by atoms with Gasteiger partial charge in [0.1, 0.15) is 5.82 Å². The predicted octanol–water partition coefficient (Wildman–Crippen LogP) is 5.06. The fraction of sp³-hybridized carbons (Fsp3) is 0.292. The summed E-state index contributed by atoms with van der Waals surface area (Å²) in [5.41, 5.74) is 3.52. The van der Waals surface area contributed by atoms with E-state index in [4.69, 9.17) is 4.74 Å². The molecule has 1 aliphatic heterocycles. The van der Waals surface area contributed by atoms with Crippen molar-refractivity contribution in [2.24, 2.45) is 0 Å². The van der Waals surface area contributed by atoms with E-state index in [9.17, 15) is 4.39 Å². The zero-order chi connectivity index (χ0) is 23.2. The molecule has 174 valence electrons. The van der Waals surface area contributed by atoms with E-state index < -0.39 is 11.6 Å². The molecule has 6 rings (SSSR count). The molecule has 0 atom stereocenters. The number of aryl methyl sites for hydroxylation is 1. The summed E-state index contributed by atoms with van der Waals surface area (Å²) in [6.07, 6.45) is 5.15. The Morgan fingerprint density at radius 3 is 2.76 bits per heavy atom. The second-order valence-corrected chi connectivity index (χ2v) is 8.73. The summed E-state index contributed by atoms with van der Waals surface area (Å²) in [5.74, 6) is 0.0479. The Morgan fingerprint density at radius 2 is 1.97 bits per heavy atom. The summed E-state index contributed by atoms with van der Waals surface area (Å²) < 4.78 is 35.4. The first kappa shape index (κ1) is 20.8. The Labute approximate surface area is 193 Å². The smallest absolute Gasteiger partial charge is 0.324 e. The van der Waals surface area contributed by atoms with Crippen molar-refractivity contribution in [1.82, 2.24) is 30.5 Å². The predicted molar refractivity (Wildman–Crippen MR) is 124 cm³/mol. The maximum atomic E-state index is 15.1. The van der Waals surface area contributed by atoms with Crippen molar-refractivity contribution < 1.29 is 13.5 Å². The third-order valence-electron chi connectivity index (χ3n) is 6.07. The number of fused-ring (bicyclic) bond motifs is 1. The lowest BCUT2D eigenvalue weighted by Crippen LogP contribution is -2.20. The third-order valence-corrected chi connectivity index (χ3v) is 6.07. The van der Waals surface area contributed by atoms with E-state index in [1.54, 1.807) is 13.0 Å². The summed E-state index contributed by atoms with van der Waals surface area (Å²) >= 11 is 0. The van der Waals surface area contributed by atoms with Crippen molar-refractivity contribution in [1.29, 1.82) is 0 Å². The SMILES string of the molecule is Cc1cc2c(F)c(Oc3nc(Nc4cc(C5CC5)[nH]n4)cc(C4=CCNCC4)n3)cc(F)c2[nH]1. The van der Waals surface area contributed by atoms with Crippen LogP contribution in [0.25, 0.3) is 16.5 Å². The van der Waals surface area contributed by atoms with Gasteiger partial charge in [-0.3, -0.25) is 5.10 Å². The number of H-pyrrole nitrogens is 2. The molecule has 4 N–H and O–H groups in total. The molecule has 1 fully saturated rings. The molecule has 10 heteroatoms. The number of rotatable bonds is 6. The average Bonchev–Trinajstić information content (AvgIpc) is 3.45. The normalized spacial score (nSPS) is 16.0. The van der Waals surface area contributed by atoms with E-state index in [1.165, 1.54) is 0 Å². The lowest BCUT2D eigenvalue weighted by atomic mass is 10.1. The highest BCUT2D eigenvalue weighted by atomic mass is 19.1. The van der Waals surface area contributed by atoms with Gasteiger partial charge >= 0.3 is 6.01 Å². The standard InChI is InChI=1S/C24H23F2N7O/c1-12-8-15-22(26)19(9-16(25)23(15)28-12)34-24-29-17(14-4-6-27-7-5-14)10-20(31-24)30-21-11-18(32-33-21)13-2-3-13/h4,8-11,13,27-28H,2-3,5-7H2,1H3,(H2,29,30,31,32,33). The van der Waals surface area contributed by atoms with Gasteiger partial charge in [-0.2, -0.15) is 15.1 Å². The van der Waals surface area contributed by atoms with Crippen LogP contribution in [0.4, 0.5) is 20.4 Å². The number of aromatic amines is 2. The van der Waals surface area contributed by atoms with E-state index in [0.29, 0.717) is 28.9 Å². The van der Waals surface area contributed by atoms with E-state index in [2.05, 4.69) is 35.8 Å². The molecule has 0 amide bonds. The van der Waals surface area contributed by atoms with Crippen molar-refractivity contribution in [2.45, 2.75) is 32.1 Å². The highest BCUT2D eigenvalue weighted by Gasteiger charge is 2.26. The first-order valence-corrected chi connectivity index (χ1v) is 11.3. The molecule has 3 aromatic heterocycles. The van der Waals surface area contributed by atoms with Crippen molar-refractivity contribution in [3.05, 3.63) is 59.1 Å². The maximum absolute atomic E-state index is 15.1. The minimum absolute atomic E-state index is 0.0812. The first-order valence-electron chi connectivity index (χ1n) is 11.3. The van der Waals surface area contributed by atoms with Gasteiger partial charge < -0.3 is 20.4 Å². The van der Waals surface area contributed by atoms with Gasteiger partial charge in [0.2, 0.25) is 0 Å². The third kappa shape index (κ3) is 4.01. The lowest BCUT2D eigenvalue weighted by molar-refractivity contribution is 0.410. The van der Waals surface area contributed by atoms with Gasteiger partial charge in [0, 0.05) is 47.4 Å². The molecule has 0 spiro atoms. The molecule has 1 aliphatic carbocycles. The van der Waals surface area contributed by atoms with Crippen LogP contribution in [0, 0.1) is 18.6 Å². The number of halogens is 2. The van der Waals surface area contributed by atoms with E-state index in [0.717, 1.165) is 49.7 Å². The maximum Gasteiger partial charge on any atom is 0.324 e. The highest BCUT2D eigenvalue weighted by Crippen LogP contribution is 2.40. The molecule has 1 saturated carbocycles. The van der Waals surface area contributed by atoms with Gasteiger partial charge in [0.15, 0.2) is 23.2 Å². The number of nitrogens with one attached hydrogen (secondary N) is 4. The summed E-state index contributed by atoms with van der Waals surface area (Å²) in [7, 11) is 0. The number of anilines is 2. The second kappa shape index (κ2) is 8.21. The molecular formula is C24H23F2N7O. The molecule has 2 aliphatic rings. The monoisotopic (exact) mass is 463 g/mol. The van der Waals surface area contributed by atoms with Crippen LogP contribution in [0.5, 0.6) is 11.8 Å². The molecular weight excluding hydrogens is 440 g/mol. The fourth-order valence-corrected chi connectivity index (χ4v) is 4.20. The minimum Gasteiger partial charge on any atom is -0.421 e. The van der Waals surface area contributed by atoms with E-state index in [1.807, 2.05) is 18.2 Å². The van der Waals surface area contributed by atoms with Gasteiger partial charge in [0.05, 0.1) is 11.2 Å². The van der Waals surface area contributed by atoms with Gasteiger partial charge in [-0.25, -0.2) is 8.78 Å². The van der Waals surface area contributed by atoms with Crippen LogP contribution in [0.1, 0.15) is 42.3 Å².